The lowest BCUT2D eigenvalue weighted by atomic mass is 10.1. The Morgan fingerprint density at radius 3 is 2.88 bits per heavy atom. The van der Waals surface area contributed by atoms with Crippen molar-refractivity contribution in [2.24, 2.45) is 0 Å². The summed E-state index contributed by atoms with van der Waals surface area (Å²) in [5.74, 6) is -2.01. The molecule has 1 saturated heterocycles. The minimum atomic E-state index is -1.86. The number of ether oxygens (including phenoxy) is 1. The molecule has 134 valence electrons. The lowest BCUT2D eigenvalue weighted by molar-refractivity contribution is 0.0286. The van der Waals surface area contributed by atoms with Crippen molar-refractivity contribution in [3.8, 4) is 0 Å². The van der Waals surface area contributed by atoms with Crippen molar-refractivity contribution in [3.05, 3.63) is 48.5 Å². The Bertz CT molecular complexity index is 948. The molecule has 3 heterocycles. The molecule has 2 N–H and O–H groups in total. The van der Waals surface area contributed by atoms with Crippen LogP contribution in [-0.4, -0.2) is 49.9 Å². The van der Waals surface area contributed by atoms with Gasteiger partial charge in [-0.3, -0.25) is 9.36 Å². The molecule has 0 bridgehead atoms. The van der Waals surface area contributed by atoms with E-state index in [9.17, 15) is 9.90 Å². The fourth-order valence-electron chi connectivity index (χ4n) is 2.99. The number of rotatable bonds is 4. The van der Waals surface area contributed by atoms with Crippen LogP contribution < -0.4 is 5.32 Å². The minimum Gasteiger partial charge on any atom is -0.394 e. The van der Waals surface area contributed by atoms with Gasteiger partial charge in [-0.2, -0.15) is 0 Å². The molecule has 9 heteroatoms. The number of nitrogens with one attached hydrogen (secondary N) is 1. The molecular weight excluding hydrogens is 341 g/mol. The number of aliphatic hydroxyl groups is 1. The molecule has 8 nitrogen and oxygen atoms in total. The summed E-state index contributed by atoms with van der Waals surface area (Å²) in [5, 5.41) is 11.8. The van der Waals surface area contributed by atoms with Crippen LogP contribution in [-0.2, 0) is 10.5 Å². The number of hydrogen-bond donors (Lipinski definition) is 2. The summed E-state index contributed by atoms with van der Waals surface area (Å²) in [6, 6.07) is 8.67. The number of hydrogen-bond acceptors (Lipinski definition) is 6. The SMILES string of the molecule is O=C(Nc1ncnc2c1ncn2[C@@]1(F)CO[C@H](CO)C1)c1ccccc1. The highest BCUT2D eigenvalue weighted by molar-refractivity contribution is 6.06. The predicted octanol–water partition coefficient (Wildman–Crippen LogP) is 1.48. The summed E-state index contributed by atoms with van der Waals surface area (Å²) in [4.78, 5) is 24.7. The molecule has 1 aromatic carbocycles. The van der Waals surface area contributed by atoms with E-state index in [1.54, 1.807) is 24.3 Å². The standard InChI is InChI=1S/C17H16FN5O3/c18-17(6-12(7-24)26-8-17)23-10-21-13-14(19-9-20-15(13)23)22-16(25)11-4-2-1-3-5-11/h1-5,9-10,12,24H,6-8H2,(H,19,20,22,25)/t12-,17+/m0/s1. The van der Waals surface area contributed by atoms with Gasteiger partial charge in [0.25, 0.3) is 5.91 Å². The minimum absolute atomic E-state index is 0.00926. The molecule has 0 aliphatic carbocycles. The molecule has 0 saturated carbocycles. The number of fused-ring (bicyclic) bond motifs is 1. The Labute approximate surface area is 147 Å². The second-order valence-corrected chi connectivity index (χ2v) is 6.07. The van der Waals surface area contributed by atoms with Gasteiger partial charge in [0.1, 0.15) is 12.9 Å². The molecule has 0 unspecified atom stereocenters. The Morgan fingerprint density at radius 2 is 2.15 bits per heavy atom. The molecule has 2 aromatic heterocycles. The Morgan fingerprint density at radius 1 is 1.35 bits per heavy atom. The van der Waals surface area contributed by atoms with Gasteiger partial charge in [-0.05, 0) is 12.1 Å². The quantitative estimate of drug-likeness (QED) is 0.733. The first-order chi connectivity index (χ1) is 12.6. The van der Waals surface area contributed by atoms with E-state index in [0.29, 0.717) is 5.56 Å². The molecule has 1 aliphatic rings. The molecule has 1 fully saturated rings. The number of imidazole rings is 1. The van der Waals surface area contributed by atoms with Crippen LogP contribution >= 0.6 is 0 Å². The van der Waals surface area contributed by atoms with Gasteiger partial charge in [-0.15, -0.1) is 0 Å². The third kappa shape index (κ3) is 2.80. The largest absolute Gasteiger partial charge is 0.394 e. The topological polar surface area (TPSA) is 102 Å². The molecule has 0 spiro atoms. The van der Waals surface area contributed by atoms with Crippen LogP contribution in [0.25, 0.3) is 11.2 Å². The maximum Gasteiger partial charge on any atom is 0.256 e. The van der Waals surface area contributed by atoms with Crippen LogP contribution in [0.2, 0.25) is 0 Å². The van der Waals surface area contributed by atoms with E-state index >= 15 is 4.39 Å². The molecular formula is C17H16FN5O3. The number of benzene rings is 1. The van der Waals surface area contributed by atoms with Crippen molar-refractivity contribution < 1.29 is 19.0 Å². The highest BCUT2D eigenvalue weighted by atomic mass is 19.1. The number of halogens is 1. The first-order valence-corrected chi connectivity index (χ1v) is 8.07. The van der Waals surface area contributed by atoms with Gasteiger partial charge in [0.05, 0.1) is 19.0 Å². The lowest BCUT2D eigenvalue weighted by Crippen LogP contribution is -2.29. The Kier molecular flexibility index (Phi) is 4.09. The Balaban J connectivity index is 1.67. The summed E-state index contributed by atoms with van der Waals surface area (Å²) in [6.07, 6.45) is 1.96. The second-order valence-electron chi connectivity index (χ2n) is 6.07. The van der Waals surface area contributed by atoms with Gasteiger partial charge in [0, 0.05) is 12.0 Å². The van der Waals surface area contributed by atoms with E-state index in [1.165, 1.54) is 17.2 Å². The summed E-state index contributed by atoms with van der Waals surface area (Å²) >= 11 is 0. The van der Waals surface area contributed by atoms with Gasteiger partial charge in [0.15, 0.2) is 17.0 Å². The van der Waals surface area contributed by atoms with Crippen LogP contribution in [0, 0.1) is 0 Å². The third-order valence-electron chi connectivity index (χ3n) is 4.32. The number of anilines is 1. The molecule has 1 amide bonds. The van der Waals surface area contributed by atoms with E-state index in [-0.39, 0.29) is 42.5 Å². The van der Waals surface area contributed by atoms with Gasteiger partial charge in [0.2, 0.25) is 5.79 Å². The van der Waals surface area contributed by atoms with Crippen molar-refractivity contribution in [2.75, 3.05) is 18.5 Å². The van der Waals surface area contributed by atoms with Gasteiger partial charge in [-0.1, -0.05) is 18.2 Å². The van der Waals surface area contributed by atoms with E-state index in [1.807, 2.05) is 6.07 Å². The van der Waals surface area contributed by atoms with Crippen molar-refractivity contribution in [2.45, 2.75) is 18.3 Å². The average Bonchev–Trinajstić information content (AvgIpc) is 3.27. The first kappa shape index (κ1) is 16.6. The smallest absolute Gasteiger partial charge is 0.256 e. The maximum atomic E-state index is 15.2. The number of amides is 1. The van der Waals surface area contributed by atoms with Crippen molar-refractivity contribution >= 4 is 22.9 Å². The van der Waals surface area contributed by atoms with E-state index in [4.69, 9.17) is 4.74 Å². The zero-order chi connectivity index (χ0) is 18.1. The maximum absolute atomic E-state index is 15.2. The normalized spacial score (nSPS) is 22.6. The van der Waals surface area contributed by atoms with Crippen molar-refractivity contribution in [3.63, 3.8) is 0 Å². The molecule has 26 heavy (non-hydrogen) atoms. The fourth-order valence-corrected chi connectivity index (χ4v) is 2.99. The summed E-state index contributed by atoms with van der Waals surface area (Å²) in [7, 11) is 0. The molecule has 0 radical (unpaired) electrons. The van der Waals surface area contributed by atoms with E-state index in [0.717, 1.165) is 0 Å². The highest BCUT2D eigenvalue weighted by Gasteiger charge is 2.43. The van der Waals surface area contributed by atoms with Crippen LogP contribution in [0.4, 0.5) is 10.2 Å². The van der Waals surface area contributed by atoms with E-state index in [2.05, 4.69) is 20.3 Å². The van der Waals surface area contributed by atoms with Crippen molar-refractivity contribution in [1.29, 1.82) is 0 Å². The number of alkyl halides is 1. The average molecular weight is 357 g/mol. The van der Waals surface area contributed by atoms with Gasteiger partial charge >= 0.3 is 0 Å². The van der Waals surface area contributed by atoms with Crippen LogP contribution in [0.1, 0.15) is 16.8 Å². The highest BCUT2D eigenvalue weighted by Crippen LogP contribution is 2.35. The zero-order valence-electron chi connectivity index (χ0n) is 13.7. The fraction of sp³-hybridized carbons (Fsp3) is 0.294. The number of nitrogens with zero attached hydrogens (tertiary/aromatic N) is 4. The van der Waals surface area contributed by atoms with Crippen LogP contribution in [0.15, 0.2) is 43.0 Å². The Hall–Kier alpha value is -2.91. The molecule has 1 aliphatic heterocycles. The summed E-state index contributed by atoms with van der Waals surface area (Å²) in [5.41, 5.74) is 0.991. The first-order valence-electron chi connectivity index (χ1n) is 8.07. The summed E-state index contributed by atoms with van der Waals surface area (Å²) < 4.78 is 21.8. The third-order valence-corrected chi connectivity index (χ3v) is 4.32. The van der Waals surface area contributed by atoms with Crippen LogP contribution in [0.3, 0.4) is 0 Å². The van der Waals surface area contributed by atoms with Crippen molar-refractivity contribution in [1.82, 2.24) is 19.5 Å². The number of aromatic nitrogens is 4. The number of carbonyl (C=O) groups is 1. The van der Waals surface area contributed by atoms with Gasteiger partial charge in [-0.25, -0.2) is 19.3 Å². The number of aliphatic hydroxyl groups excluding tert-OH is 1. The monoisotopic (exact) mass is 357 g/mol. The predicted molar refractivity (Wildman–Crippen MR) is 90.2 cm³/mol. The summed E-state index contributed by atoms with van der Waals surface area (Å²) in [6.45, 7) is -0.467. The number of carbonyl (C=O) groups excluding carboxylic acids is 1. The zero-order valence-corrected chi connectivity index (χ0v) is 13.7. The molecule has 2 atom stereocenters. The van der Waals surface area contributed by atoms with Gasteiger partial charge < -0.3 is 15.2 Å². The van der Waals surface area contributed by atoms with Crippen LogP contribution in [0.5, 0.6) is 0 Å². The molecule has 3 aromatic rings. The second kappa shape index (κ2) is 6.43. The molecule has 4 rings (SSSR count). The van der Waals surface area contributed by atoms with E-state index < -0.39 is 11.9 Å². The lowest BCUT2D eigenvalue weighted by Gasteiger charge is -2.19.